The van der Waals surface area contributed by atoms with E-state index in [9.17, 15) is 22.0 Å². The number of hydrogen-bond acceptors (Lipinski definition) is 3. The topological polar surface area (TPSA) is 66.5 Å². The summed E-state index contributed by atoms with van der Waals surface area (Å²) in [5.74, 6) is -2.26. The predicted molar refractivity (Wildman–Crippen MR) is 86.4 cm³/mol. The zero-order valence-corrected chi connectivity index (χ0v) is 14.1. The summed E-state index contributed by atoms with van der Waals surface area (Å²) in [4.78, 5) is 12.0. The summed E-state index contributed by atoms with van der Waals surface area (Å²) >= 11 is 0. The lowest BCUT2D eigenvalue weighted by Crippen LogP contribution is -2.23. The summed E-state index contributed by atoms with van der Waals surface area (Å²) in [6.07, 6.45) is 0. The molecule has 0 radical (unpaired) electrons. The van der Waals surface area contributed by atoms with Crippen molar-refractivity contribution in [3.63, 3.8) is 0 Å². The van der Waals surface area contributed by atoms with Gasteiger partial charge in [-0.05, 0) is 42.8 Å². The van der Waals surface area contributed by atoms with Crippen LogP contribution in [0.25, 0.3) is 0 Å². The normalized spacial score (nSPS) is 11.6. The minimum atomic E-state index is -3.81. The van der Waals surface area contributed by atoms with Crippen LogP contribution in [0.5, 0.6) is 0 Å². The Hall–Kier alpha value is -2.32. The number of amides is 1. The molecular formula is C16H16F2N2O3S. The van der Waals surface area contributed by atoms with Crippen molar-refractivity contribution in [2.24, 2.45) is 0 Å². The first-order valence-corrected chi connectivity index (χ1v) is 8.36. The van der Waals surface area contributed by atoms with E-state index in [0.717, 1.165) is 28.6 Å². The average molecular weight is 354 g/mol. The Bertz CT molecular complexity index is 896. The highest BCUT2D eigenvalue weighted by atomic mass is 32.2. The van der Waals surface area contributed by atoms with Gasteiger partial charge >= 0.3 is 0 Å². The maximum absolute atomic E-state index is 13.9. The highest BCUT2D eigenvalue weighted by molar-refractivity contribution is 7.89. The van der Waals surface area contributed by atoms with Gasteiger partial charge in [-0.25, -0.2) is 21.5 Å². The maximum atomic E-state index is 13.9. The molecule has 1 amide bonds. The van der Waals surface area contributed by atoms with E-state index in [-0.39, 0.29) is 10.6 Å². The summed E-state index contributed by atoms with van der Waals surface area (Å²) < 4.78 is 52.5. The van der Waals surface area contributed by atoms with E-state index in [4.69, 9.17) is 0 Å². The Labute approximate surface area is 139 Å². The lowest BCUT2D eigenvalue weighted by Gasteiger charge is -2.13. The molecule has 0 aromatic heterocycles. The zero-order valence-electron chi connectivity index (χ0n) is 13.3. The van der Waals surface area contributed by atoms with Gasteiger partial charge in [-0.2, -0.15) is 0 Å². The monoisotopic (exact) mass is 354 g/mol. The number of halogens is 2. The van der Waals surface area contributed by atoms with Crippen LogP contribution < -0.4 is 5.32 Å². The van der Waals surface area contributed by atoms with Crippen molar-refractivity contribution in [1.82, 2.24) is 4.31 Å². The third-order valence-electron chi connectivity index (χ3n) is 3.39. The fourth-order valence-electron chi connectivity index (χ4n) is 1.92. The van der Waals surface area contributed by atoms with Gasteiger partial charge in [-0.3, -0.25) is 4.79 Å². The van der Waals surface area contributed by atoms with Gasteiger partial charge in [-0.1, -0.05) is 6.07 Å². The third kappa shape index (κ3) is 3.60. The molecule has 2 aromatic carbocycles. The molecule has 128 valence electrons. The molecule has 0 saturated heterocycles. The number of hydrogen-bond donors (Lipinski definition) is 1. The molecule has 0 aliphatic carbocycles. The molecular weight excluding hydrogens is 338 g/mol. The van der Waals surface area contributed by atoms with Crippen LogP contribution in [0.3, 0.4) is 0 Å². The van der Waals surface area contributed by atoms with Gasteiger partial charge in [0, 0.05) is 19.8 Å². The average Bonchev–Trinajstić information content (AvgIpc) is 2.51. The van der Waals surface area contributed by atoms with Crippen LogP contribution in [0, 0.1) is 18.6 Å². The van der Waals surface area contributed by atoms with Gasteiger partial charge in [0.25, 0.3) is 5.91 Å². The van der Waals surface area contributed by atoms with Crippen LogP contribution in [-0.2, 0) is 10.0 Å². The van der Waals surface area contributed by atoms with Crippen molar-refractivity contribution in [2.75, 3.05) is 19.4 Å². The van der Waals surface area contributed by atoms with E-state index in [0.29, 0.717) is 5.56 Å². The predicted octanol–water partition coefficient (Wildman–Crippen LogP) is 2.78. The zero-order chi connectivity index (χ0) is 18.1. The molecule has 0 heterocycles. The molecule has 0 bridgehead atoms. The number of nitrogens with zero attached hydrogens (tertiary/aromatic N) is 1. The van der Waals surface area contributed by atoms with Gasteiger partial charge < -0.3 is 5.32 Å². The fourth-order valence-corrected chi connectivity index (χ4v) is 2.85. The van der Waals surface area contributed by atoms with Crippen molar-refractivity contribution >= 4 is 21.6 Å². The molecule has 0 unspecified atom stereocenters. The lowest BCUT2D eigenvalue weighted by atomic mass is 10.1. The van der Waals surface area contributed by atoms with Gasteiger partial charge in [0.05, 0.1) is 10.5 Å². The molecule has 0 fully saturated rings. The van der Waals surface area contributed by atoms with Crippen molar-refractivity contribution in [3.8, 4) is 0 Å². The van der Waals surface area contributed by atoms with E-state index >= 15 is 0 Å². The van der Waals surface area contributed by atoms with Crippen LogP contribution in [-0.4, -0.2) is 32.7 Å². The number of rotatable bonds is 4. The second-order valence-electron chi connectivity index (χ2n) is 5.35. The first-order chi connectivity index (χ1) is 11.1. The first-order valence-electron chi connectivity index (χ1n) is 6.92. The van der Waals surface area contributed by atoms with Crippen LogP contribution in [0.4, 0.5) is 14.5 Å². The molecule has 24 heavy (non-hydrogen) atoms. The minimum Gasteiger partial charge on any atom is -0.322 e. The van der Waals surface area contributed by atoms with E-state index < -0.39 is 33.1 Å². The molecule has 1 N–H and O–H groups in total. The summed E-state index contributed by atoms with van der Waals surface area (Å²) in [5, 5.41) is 2.35. The standard InChI is InChI=1S/C16H16F2N2O3S/c1-10-4-5-11(8-15(10)18)19-16(21)13-9-12(6-7-14(13)17)24(22,23)20(2)3/h4-9H,1-3H3,(H,19,21). The Balaban J connectivity index is 2.37. The van der Waals surface area contributed by atoms with E-state index in [1.165, 1.54) is 26.2 Å². The fraction of sp³-hybridized carbons (Fsp3) is 0.188. The summed E-state index contributed by atoms with van der Waals surface area (Å²) in [5.41, 5.74) is 0.0977. The molecule has 0 atom stereocenters. The molecule has 2 rings (SSSR count). The van der Waals surface area contributed by atoms with Gasteiger partial charge in [0.1, 0.15) is 11.6 Å². The SMILES string of the molecule is Cc1ccc(NC(=O)c2cc(S(=O)(=O)N(C)C)ccc2F)cc1F. The molecule has 5 nitrogen and oxygen atoms in total. The Morgan fingerprint density at radius 1 is 1.04 bits per heavy atom. The summed E-state index contributed by atoms with van der Waals surface area (Å²) in [6, 6.07) is 6.97. The number of aryl methyl sites for hydroxylation is 1. The quantitative estimate of drug-likeness (QED) is 0.918. The molecule has 0 saturated carbocycles. The van der Waals surface area contributed by atoms with Gasteiger partial charge in [0.15, 0.2) is 0 Å². The summed E-state index contributed by atoms with van der Waals surface area (Å²) in [7, 11) is -1.15. The van der Waals surface area contributed by atoms with Gasteiger partial charge in [-0.15, -0.1) is 0 Å². The Morgan fingerprint density at radius 3 is 2.29 bits per heavy atom. The van der Waals surface area contributed by atoms with E-state index in [2.05, 4.69) is 5.32 Å². The van der Waals surface area contributed by atoms with Crippen molar-refractivity contribution in [1.29, 1.82) is 0 Å². The number of anilines is 1. The molecule has 8 heteroatoms. The molecule has 0 aliphatic rings. The Morgan fingerprint density at radius 2 is 1.71 bits per heavy atom. The molecule has 0 spiro atoms. The van der Waals surface area contributed by atoms with E-state index in [1.54, 1.807) is 6.92 Å². The summed E-state index contributed by atoms with van der Waals surface area (Å²) in [6.45, 7) is 1.57. The first kappa shape index (κ1) is 18.0. The van der Waals surface area contributed by atoms with Crippen LogP contribution in [0.1, 0.15) is 15.9 Å². The van der Waals surface area contributed by atoms with Crippen LogP contribution in [0.2, 0.25) is 0 Å². The third-order valence-corrected chi connectivity index (χ3v) is 5.20. The van der Waals surface area contributed by atoms with E-state index in [1.807, 2.05) is 0 Å². The minimum absolute atomic E-state index is 0.142. The lowest BCUT2D eigenvalue weighted by molar-refractivity contribution is 0.102. The Kier molecular flexibility index (Phi) is 5.00. The second-order valence-corrected chi connectivity index (χ2v) is 7.50. The van der Waals surface area contributed by atoms with Crippen LogP contribution >= 0.6 is 0 Å². The largest absolute Gasteiger partial charge is 0.322 e. The number of benzene rings is 2. The number of nitrogens with one attached hydrogen (secondary N) is 1. The molecule has 2 aromatic rings. The number of carbonyl (C=O) groups is 1. The second kappa shape index (κ2) is 6.66. The van der Waals surface area contributed by atoms with Crippen molar-refractivity contribution in [3.05, 3.63) is 59.2 Å². The van der Waals surface area contributed by atoms with Crippen LogP contribution in [0.15, 0.2) is 41.3 Å². The smallest absolute Gasteiger partial charge is 0.258 e. The van der Waals surface area contributed by atoms with Crippen molar-refractivity contribution in [2.45, 2.75) is 11.8 Å². The number of sulfonamides is 1. The van der Waals surface area contributed by atoms with Gasteiger partial charge in [0.2, 0.25) is 10.0 Å². The number of carbonyl (C=O) groups excluding carboxylic acids is 1. The highest BCUT2D eigenvalue weighted by Gasteiger charge is 2.21. The molecule has 0 aliphatic heterocycles. The maximum Gasteiger partial charge on any atom is 0.258 e. The van der Waals surface area contributed by atoms with Crippen molar-refractivity contribution < 1.29 is 22.0 Å². The highest BCUT2D eigenvalue weighted by Crippen LogP contribution is 2.20.